The summed E-state index contributed by atoms with van der Waals surface area (Å²) in [4.78, 5) is 11.7. The second kappa shape index (κ2) is 6.66. The highest BCUT2D eigenvalue weighted by molar-refractivity contribution is 5.75. The van der Waals surface area contributed by atoms with Gasteiger partial charge in [-0.1, -0.05) is 12.1 Å². The maximum absolute atomic E-state index is 13.0. The maximum atomic E-state index is 13.0. The van der Waals surface area contributed by atoms with Gasteiger partial charge in [-0.05, 0) is 45.4 Å². The van der Waals surface area contributed by atoms with Gasteiger partial charge in [-0.2, -0.15) is 0 Å². The Morgan fingerprint density at radius 2 is 2.11 bits per heavy atom. The summed E-state index contributed by atoms with van der Waals surface area (Å²) < 4.78 is 18.3. The van der Waals surface area contributed by atoms with E-state index >= 15 is 0 Å². The SMILES string of the molecule is CC(CNCc1cccc(F)c1)OC(=O)C(C)(C)C. The van der Waals surface area contributed by atoms with Crippen molar-refractivity contribution >= 4 is 5.97 Å². The number of halogens is 1. The molecule has 3 nitrogen and oxygen atoms in total. The predicted molar refractivity (Wildman–Crippen MR) is 73.1 cm³/mol. The Morgan fingerprint density at radius 3 is 2.68 bits per heavy atom. The van der Waals surface area contributed by atoms with Crippen molar-refractivity contribution in [3.63, 3.8) is 0 Å². The molecule has 1 unspecified atom stereocenters. The third kappa shape index (κ3) is 5.83. The van der Waals surface area contributed by atoms with Gasteiger partial charge in [0.15, 0.2) is 0 Å². The topological polar surface area (TPSA) is 38.3 Å². The van der Waals surface area contributed by atoms with E-state index < -0.39 is 5.41 Å². The second-order valence-electron chi connectivity index (χ2n) is 5.73. The number of esters is 1. The molecule has 1 N–H and O–H groups in total. The van der Waals surface area contributed by atoms with E-state index in [1.165, 1.54) is 12.1 Å². The van der Waals surface area contributed by atoms with Gasteiger partial charge >= 0.3 is 5.97 Å². The Hall–Kier alpha value is -1.42. The number of hydrogen-bond acceptors (Lipinski definition) is 3. The number of carbonyl (C=O) groups is 1. The van der Waals surface area contributed by atoms with Crippen molar-refractivity contribution in [3.8, 4) is 0 Å². The molecule has 0 saturated carbocycles. The molecule has 1 rings (SSSR count). The molecule has 1 aromatic carbocycles. The first kappa shape index (κ1) is 15.6. The van der Waals surface area contributed by atoms with Crippen LogP contribution in [0.4, 0.5) is 4.39 Å². The molecule has 0 fully saturated rings. The first-order valence-electron chi connectivity index (χ1n) is 6.45. The molecule has 0 radical (unpaired) electrons. The molecule has 0 spiro atoms. The molecule has 0 saturated heterocycles. The summed E-state index contributed by atoms with van der Waals surface area (Å²) >= 11 is 0. The summed E-state index contributed by atoms with van der Waals surface area (Å²) in [5, 5.41) is 3.14. The highest BCUT2D eigenvalue weighted by Gasteiger charge is 2.24. The molecule has 1 aromatic rings. The van der Waals surface area contributed by atoms with Crippen LogP contribution in [0.1, 0.15) is 33.3 Å². The average molecular weight is 267 g/mol. The van der Waals surface area contributed by atoms with Gasteiger partial charge in [-0.25, -0.2) is 4.39 Å². The van der Waals surface area contributed by atoms with E-state index in [1.807, 2.05) is 33.8 Å². The predicted octanol–water partition coefficient (Wildman–Crippen LogP) is 2.89. The van der Waals surface area contributed by atoms with E-state index in [4.69, 9.17) is 4.74 Å². The van der Waals surface area contributed by atoms with Crippen LogP contribution < -0.4 is 5.32 Å². The summed E-state index contributed by atoms with van der Waals surface area (Å²) in [6.45, 7) is 8.39. The Kier molecular flexibility index (Phi) is 5.48. The normalized spacial score (nSPS) is 13.1. The third-order valence-electron chi connectivity index (χ3n) is 2.57. The zero-order valence-corrected chi connectivity index (χ0v) is 12.0. The lowest BCUT2D eigenvalue weighted by Crippen LogP contribution is -2.33. The molecule has 106 valence electrons. The number of hydrogen-bond donors (Lipinski definition) is 1. The molecular weight excluding hydrogens is 245 g/mol. The van der Waals surface area contributed by atoms with Gasteiger partial charge in [-0.3, -0.25) is 4.79 Å². The molecule has 0 aromatic heterocycles. The van der Waals surface area contributed by atoms with Gasteiger partial charge < -0.3 is 10.1 Å². The first-order chi connectivity index (χ1) is 8.79. The Labute approximate surface area is 114 Å². The molecule has 0 aliphatic rings. The molecule has 0 heterocycles. The Balaban J connectivity index is 2.31. The zero-order valence-electron chi connectivity index (χ0n) is 12.0. The summed E-state index contributed by atoms with van der Waals surface area (Å²) in [6.07, 6.45) is -0.208. The van der Waals surface area contributed by atoms with Crippen LogP contribution in [-0.2, 0) is 16.1 Å². The van der Waals surface area contributed by atoms with Crippen molar-refractivity contribution in [1.82, 2.24) is 5.32 Å². The minimum absolute atomic E-state index is 0.208. The lowest BCUT2D eigenvalue weighted by molar-refractivity contribution is -0.157. The minimum Gasteiger partial charge on any atom is -0.461 e. The van der Waals surface area contributed by atoms with Crippen molar-refractivity contribution in [1.29, 1.82) is 0 Å². The Morgan fingerprint density at radius 1 is 1.42 bits per heavy atom. The number of ether oxygens (including phenoxy) is 1. The number of carbonyl (C=O) groups excluding carboxylic acids is 1. The van der Waals surface area contributed by atoms with Gasteiger partial charge in [-0.15, -0.1) is 0 Å². The zero-order chi connectivity index (χ0) is 14.5. The van der Waals surface area contributed by atoms with Gasteiger partial charge in [0.1, 0.15) is 11.9 Å². The van der Waals surface area contributed by atoms with Crippen LogP contribution in [0.25, 0.3) is 0 Å². The van der Waals surface area contributed by atoms with Gasteiger partial charge in [0.25, 0.3) is 0 Å². The second-order valence-corrected chi connectivity index (χ2v) is 5.73. The molecule has 0 aliphatic heterocycles. The van der Waals surface area contributed by atoms with Crippen molar-refractivity contribution in [2.45, 2.75) is 40.3 Å². The fraction of sp³-hybridized carbons (Fsp3) is 0.533. The van der Waals surface area contributed by atoms with Crippen molar-refractivity contribution in [2.24, 2.45) is 5.41 Å². The van der Waals surface area contributed by atoms with Crippen LogP contribution in [0.15, 0.2) is 24.3 Å². The van der Waals surface area contributed by atoms with Gasteiger partial charge in [0.2, 0.25) is 0 Å². The minimum atomic E-state index is -0.489. The van der Waals surface area contributed by atoms with Crippen LogP contribution >= 0.6 is 0 Å². The van der Waals surface area contributed by atoms with E-state index in [0.717, 1.165) is 5.56 Å². The summed E-state index contributed by atoms with van der Waals surface area (Å²) in [5.74, 6) is -0.459. The molecule has 1 atom stereocenters. The monoisotopic (exact) mass is 267 g/mol. The fourth-order valence-corrected chi connectivity index (χ4v) is 1.47. The van der Waals surface area contributed by atoms with Crippen molar-refractivity contribution < 1.29 is 13.9 Å². The first-order valence-corrected chi connectivity index (χ1v) is 6.45. The lowest BCUT2D eigenvalue weighted by Gasteiger charge is -2.21. The largest absolute Gasteiger partial charge is 0.461 e. The standard InChI is InChI=1S/C15H22FNO2/c1-11(19-14(18)15(2,3)4)9-17-10-12-6-5-7-13(16)8-12/h5-8,11,17H,9-10H2,1-4H3. The fourth-order valence-electron chi connectivity index (χ4n) is 1.47. The quantitative estimate of drug-likeness (QED) is 0.834. The van der Waals surface area contributed by atoms with Crippen LogP contribution in [-0.4, -0.2) is 18.6 Å². The van der Waals surface area contributed by atoms with Crippen LogP contribution in [0.2, 0.25) is 0 Å². The number of benzene rings is 1. The molecule has 0 aliphatic carbocycles. The van der Waals surface area contributed by atoms with E-state index in [2.05, 4.69) is 5.32 Å². The van der Waals surface area contributed by atoms with E-state index in [1.54, 1.807) is 6.07 Å². The van der Waals surface area contributed by atoms with Crippen molar-refractivity contribution in [2.75, 3.05) is 6.54 Å². The van der Waals surface area contributed by atoms with Gasteiger partial charge in [0.05, 0.1) is 5.41 Å². The van der Waals surface area contributed by atoms with E-state index in [0.29, 0.717) is 13.1 Å². The molecule has 4 heteroatoms. The van der Waals surface area contributed by atoms with Crippen LogP contribution in [0, 0.1) is 11.2 Å². The van der Waals surface area contributed by atoms with Crippen LogP contribution in [0.5, 0.6) is 0 Å². The van der Waals surface area contributed by atoms with Crippen molar-refractivity contribution in [3.05, 3.63) is 35.6 Å². The van der Waals surface area contributed by atoms with Gasteiger partial charge in [0, 0.05) is 13.1 Å². The molecule has 0 amide bonds. The smallest absolute Gasteiger partial charge is 0.311 e. The number of rotatable bonds is 5. The average Bonchev–Trinajstić information content (AvgIpc) is 2.27. The highest BCUT2D eigenvalue weighted by Crippen LogP contribution is 2.16. The molecule has 0 bridgehead atoms. The molecular formula is C15H22FNO2. The summed E-state index contributed by atoms with van der Waals surface area (Å²) in [5.41, 5.74) is 0.380. The summed E-state index contributed by atoms with van der Waals surface area (Å²) in [6, 6.07) is 6.42. The number of nitrogens with one attached hydrogen (secondary N) is 1. The third-order valence-corrected chi connectivity index (χ3v) is 2.57. The lowest BCUT2D eigenvalue weighted by atomic mass is 9.97. The van der Waals surface area contributed by atoms with E-state index in [-0.39, 0.29) is 17.9 Å². The summed E-state index contributed by atoms with van der Waals surface area (Å²) in [7, 11) is 0. The van der Waals surface area contributed by atoms with Crippen LogP contribution in [0.3, 0.4) is 0 Å². The van der Waals surface area contributed by atoms with E-state index in [9.17, 15) is 9.18 Å². The Bertz CT molecular complexity index is 426. The molecule has 19 heavy (non-hydrogen) atoms. The highest BCUT2D eigenvalue weighted by atomic mass is 19.1. The maximum Gasteiger partial charge on any atom is 0.311 e.